The molecule has 1 atom stereocenters. The van der Waals surface area contributed by atoms with E-state index in [0.717, 1.165) is 30.5 Å². The molecule has 4 rings (SSSR count). The van der Waals surface area contributed by atoms with Crippen LogP contribution in [0.15, 0.2) is 42.5 Å². The van der Waals surface area contributed by atoms with Crippen molar-refractivity contribution in [1.29, 1.82) is 0 Å². The predicted octanol–water partition coefficient (Wildman–Crippen LogP) is 3.30. The Kier molecular flexibility index (Phi) is 6.35. The molecule has 6 heteroatoms. The molecule has 0 aromatic heterocycles. The lowest BCUT2D eigenvalue weighted by molar-refractivity contribution is -0.120. The maximum absolute atomic E-state index is 12.4. The smallest absolute Gasteiger partial charge is 0.251 e. The molecule has 0 unspecified atom stereocenters. The van der Waals surface area contributed by atoms with E-state index < -0.39 is 0 Å². The van der Waals surface area contributed by atoms with Gasteiger partial charge in [0.1, 0.15) is 0 Å². The summed E-state index contributed by atoms with van der Waals surface area (Å²) in [5, 5.41) is 5.63. The van der Waals surface area contributed by atoms with Crippen LogP contribution in [0.25, 0.3) is 0 Å². The molecular formula is C25H29N3O3. The van der Waals surface area contributed by atoms with Gasteiger partial charge in [-0.15, -0.1) is 0 Å². The first-order valence-electron chi connectivity index (χ1n) is 11.1. The molecule has 2 aromatic carbocycles. The number of carbonyl (C=O) groups excluding carboxylic acids is 3. The first kappa shape index (κ1) is 21.1. The van der Waals surface area contributed by atoms with E-state index in [4.69, 9.17) is 0 Å². The average molecular weight is 420 g/mol. The fraction of sp³-hybridized carbons (Fsp3) is 0.400. The highest BCUT2D eigenvalue weighted by atomic mass is 16.2. The lowest BCUT2D eigenvalue weighted by Gasteiger charge is -2.20. The Morgan fingerprint density at radius 3 is 2.42 bits per heavy atom. The van der Waals surface area contributed by atoms with Gasteiger partial charge in [0.15, 0.2) is 0 Å². The van der Waals surface area contributed by atoms with Crippen LogP contribution in [0.5, 0.6) is 0 Å². The van der Waals surface area contributed by atoms with Crippen molar-refractivity contribution < 1.29 is 14.4 Å². The number of fused-ring (bicyclic) bond motifs is 1. The van der Waals surface area contributed by atoms with Crippen LogP contribution in [0.2, 0.25) is 0 Å². The van der Waals surface area contributed by atoms with Crippen LogP contribution in [0, 0.1) is 0 Å². The van der Waals surface area contributed by atoms with Crippen molar-refractivity contribution in [1.82, 2.24) is 10.6 Å². The minimum Gasteiger partial charge on any atom is -0.348 e. The Balaban J connectivity index is 1.28. The van der Waals surface area contributed by atoms with E-state index >= 15 is 0 Å². The zero-order chi connectivity index (χ0) is 21.8. The second kappa shape index (κ2) is 9.33. The monoisotopic (exact) mass is 419 g/mol. The first-order chi connectivity index (χ1) is 15.0. The van der Waals surface area contributed by atoms with Crippen molar-refractivity contribution in [3.8, 4) is 0 Å². The zero-order valence-corrected chi connectivity index (χ0v) is 17.9. The molecule has 2 N–H and O–H groups in total. The molecule has 0 bridgehead atoms. The topological polar surface area (TPSA) is 78.5 Å². The van der Waals surface area contributed by atoms with Crippen molar-refractivity contribution in [3.05, 3.63) is 64.7 Å². The summed E-state index contributed by atoms with van der Waals surface area (Å²) in [5.74, 6) is -0.421. The van der Waals surface area contributed by atoms with Crippen LogP contribution in [-0.2, 0) is 22.4 Å². The van der Waals surface area contributed by atoms with Crippen molar-refractivity contribution in [3.63, 3.8) is 0 Å². The number of benzene rings is 2. The molecule has 1 heterocycles. The third-order valence-corrected chi connectivity index (χ3v) is 6.17. The third-order valence-electron chi connectivity index (χ3n) is 6.17. The molecule has 2 aromatic rings. The quantitative estimate of drug-likeness (QED) is 0.754. The van der Waals surface area contributed by atoms with E-state index in [1.54, 1.807) is 29.2 Å². The minimum absolute atomic E-state index is 0.0829. The van der Waals surface area contributed by atoms with Gasteiger partial charge in [-0.25, -0.2) is 0 Å². The molecule has 0 saturated carbocycles. The fourth-order valence-corrected chi connectivity index (χ4v) is 4.38. The van der Waals surface area contributed by atoms with E-state index in [1.807, 2.05) is 6.92 Å². The molecule has 2 aliphatic rings. The van der Waals surface area contributed by atoms with Crippen LogP contribution >= 0.6 is 0 Å². The second-order valence-electron chi connectivity index (χ2n) is 8.40. The lowest BCUT2D eigenvalue weighted by atomic mass is 9.89. The van der Waals surface area contributed by atoms with Crippen molar-refractivity contribution >= 4 is 23.4 Å². The number of hydrogen-bond acceptors (Lipinski definition) is 3. The van der Waals surface area contributed by atoms with Gasteiger partial charge < -0.3 is 15.5 Å². The standard InChI is InChI=1S/C25H29N3O3/c1-17(20-9-8-18-5-2-3-6-21(18)15-20)27-23(29)16-26-25(31)19-10-12-22(13-11-19)28-14-4-7-24(28)30/h8-13,15,17H,2-7,14,16H2,1H3,(H,26,31)(H,27,29)/t17-/m1/s1. The summed E-state index contributed by atoms with van der Waals surface area (Å²) < 4.78 is 0. The number of anilines is 1. The summed E-state index contributed by atoms with van der Waals surface area (Å²) in [7, 11) is 0. The van der Waals surface area contributed by atoms with Crippen molar-refractivity contribution in [2.45, 2.75) is 51.5 Å². The molecule has 31 heavy (non-hydrogen) atoms. The molecule has 1 saturated heterocycles. The van der Waals surface area contributed by atoms with Gasteiger partial charge in [0.05, 0.1) is 12.6 Å². The van der Waals surface area contributed by atoms with E-state index in [2.05, 4.69) is 28.8 Å². The van der Waals surface area contributed by atoms with Crippen LogP contribution in [0.4, 0.5) is 5.69 Å². The Bertz CT molecular complexity index is 984. The average Bonchev–Trinajstić information content (AvgIpc) is 3.23. The van der Waals surface area contributed by atoms with E-state index in [1.165, 1.54) is 24.0 Å². The number of hydrogen-bond donors (Lipinski definition) is 2. The van der Waals surface area contributed by atoms with Gasteiger partial charge in [-0.05, 0) is 80.0 Å². The van der Waals surface area contributed by atoms with Gasteiger partial charge >= 0.3 is 0 Å². The SMILES string of the molecule is C[C@@H](NC(=O)CNC(=O)c1ccc(N2CCCC2=O)cc1)c1ccc2c(c1)CCCC2. The van der Waals surface area contributed by atoms with Gasteiger partial charge in [-0.1, -0.05) is 18.2 Å². The van der Waals surface area contributed by atoms with Gasteiger partial charge in [-0.2, -0.15) is 0 Å². The Hall–Kier alpha value is -3.15. The molecule has 3 amide bonds. The molecule has 0 radical (unpaired) electrons. The van der Waals surface area contributed by atoms with Gasteiger partial charge in [0, 0.05) is 24.2 Å². The molecule has 6 nitrogen and oxygen atoms in total. The number of amides is 3. The molecular weight excluding hydrogens is 390 g/mol. The van der Waals surface area contributed by atoms with Gasteiger partial charge in [0.25, 0.3) is 5.91 Å². The van der Waals surface area contributed by atoms with E-state index in [9.17, 15) is 14.4 Å². The second-order valence-corrected chi connectivity index (χ2v) is 8.40. The van der Waals surface area contributed by atoms with Crippen molar-refractivity contribution in [2.75, 3.05) is 18.0 Å². The summed E-state index contributed by atoms with van der Waals surface area (Å²) in [6.45, 7) is 2.59. The molecule has 1 fully saturated rings. The van der Waals surface area contributed by atoms with Crippen molar-refractivity contribution in [2.24, 2.45) is 0 Å². The van der Waals surface area contributed by atoms with Crippen LogP contribution in [0.1, 0.15) is 65.7 Å². The highest BCUT2D eigenvalue weighted by Gasteiger charge is 2.22. The lowest BCUT2D eigenvalue weighted by Crippen LogP contribution is -2.38. The Labute approximate surface area is 183 Å². The fourth-order valence-electron chi connectivity index (χ4n) is 4.38. The maximum atomic E-state index is 12.4. The summed E-state index contributed by atoms with van der Waals surface area (Å²) in [6, 6.07) is 13.3. The highest BCUT2D eigenvalue weighted by Crippen LogP contribution is 2.25. The predicted molar refractivity (Wildman–Crippen MR) is 120 cm³/mol. The highest BCUT2D eigenvalue weighted by molar-refractivity contribution is 5.98. The number of carbonyl (C=O) groups is 3. The van der Waals surface area contributed by atoms with E-state index in [-0.39, 0.29) is 30.3 Å². The van der Waals surface area contributed by atoms with Crippen LogP contribution in [0.3, 0.4) is 0 Å². The molecule has 162 valence electrons. The Morgan fingerprint density at radius 1 is 0.968 bits per heavy atom. The van der Waals surface area contributed by atoms with Gasteiger partial charge in [0.2, 0.25) is 11.8 Å². The number of rotatable bonds is 6. The third kappa shape index (κ3) is 4.95. The summed E-state index contributed by atoms with van der Waals surface area (Å²) in [6.07, 6.45) is 6.14. The van der Waals surface area contributed by atoms with E-state index in [0.29, 0.717) is 18.5 Å². The van der Waals surface area contributed by atoms with Crippen LogP contribution < -0.4 is 15.5 Å². The van der Waals surface area contributed by atoms with Crippen LogP contribution in [-0.4, -0.2) is 30.8 Å². The number of aryl methyl sites for hydroxylation is 2. The molecule has 1 aliphatic carbocycles. The first-order valence-corrected chi connectivity index (χ1v) is 11.1. The summed E-state index contributed by atoms with van der Waals surface area (Å²) in [4.78, 5) is 38.3. The zero-order valence-electron chi connectivity index (χ0n) is 17.9. The molecule has 0 spiro atoms. The summed E-state index contributed by atoms with van der Waals surface area (Å²) in [5.41, 5.74) is 5.16. The minimum atomic E-state index is -0.309. The largest absolute Gasteiger partial charge is 0.348 e. The normalized spacial score (nSPS) is 16.5. The number of nitrogens with one attached hydrogen (secondary N) is 2. The number of nitrogens with zero attached hydrogens (tertiary/aromatic N) is 1. The molecule has 1 aliphatic heterocycles. The van der Waals surface area contributed by atoms with Gasteiger partial charge in [-0.3, -0.25) is 14.4 Å². The maximum Gasteiger partial charge on any atom is 0.251 e. The summed E-state index contributed by atoms with van der Waals surface area (Å²) >= 11 is 0. The Morgan fingerprint density at radius 2 is 1.71 bits per heavy atom.